The van der Waals surface area contributed by atoms with Gasteiger partial charge in [0.05, 0.1) is 23.1 Å². The number of hydrogen-bond donors (Lipinski definition) is 1. The minimum atomic E-state index is -3.58. The lowest BCUT2D eigenvalue weighted by atomic mass is 10.1. The monoisotopic (exact) mass is 559 g/mol. The Balaban J connectivity index is 1.29. The summed E-state index contributed by atoms with van der Waals surface area (Å²) < 4.78 is 33.9. The zero-order valence-electron chi connectivity index (χ0n) is 23.4. The number of hydrogen-bond acceptors (Lipinski definition) is 7. The third-order valence-corrected chi connectivity index (χ3v) is 9.35. The molecule has 0 radical (unpaired) electrons. The summed E-state index contributed by atoms with van der Waals surface area (Å²) in [5.74, 6) is 2.17. The number of fused-ring (bicyclic) bond motifs is 1. The van der Waals surface area contributed by atoms with Crippen LogP contribution in [0.3, 0.4) is 0 Å². The predicted molar refractivity (Wildman–Crippen MR) is 160 cm³/mol. The van der Waals surface area contributed by atoms with Crippen LogP contribution in [0.4, 0.5) is 11.5 Å². The van der Waals surface area contributed by atoms with Crippen molar-refractivity contribution in [1.82, 2.24) is 19.2 Å². The Morgan fingerprint density at radius 2 is 1.62 bits per heavy atom. The summed E-state index contributed by atoms with van der Waals surface area (Å²) in [5.41, 5.74) is 3.01. The third-order valence-electron chi connectivity index (χ3n) is 7.44. The Hall–Kier alpha value is -3.53. The highest BCUT2D eigenvalue weighted by Gasteiger charge is 2.31. The molecule has 0 amide bonds. The molecule has 8 nitrogen and oxygen atoms in total. The van der Waals surface area contributed by atoms with Crippen LogP contribution in [0.1, 0.15) is 44.1 Å². The maximum atomic E-state index is 13.3. The lowest BCUT2D eigenvalue weighted by molar-refractivity contribution is 0.141. The Labute approximate surface area is 237 Å². The third kappa shape index (κ3) is 6.11. The molecular weight excluding hydrogens is 522 g/mol. The summed E-state index contributed by atoms with van der Waals surface area (Å²) in [6.07, 6.45) is 2.02. The number of piperazine rings is 1. The number of ether oxygens (including phenoxy) is 1. The Kier molecular flexibility index (Phi) is 8.63. The van der Waals surface area contributed by atoms with Gasteiger partial charge in [0.25, 0.3) is 0 Å². The normalized spacial score (nSPS) is 15.7. The maximum Gasteiger partial charge on any atom is 0.243 e. The molecule has 1 aliphatic heterocycles. The van der Waals surface area contributed by atoms with Gasteiger partial charge in [0, 0.05) is 37.3 Å². The number of nitrogens with one attached hydrogen (secondary N) is 1. The van der Waals surface area contributed by atoms with Gasteiger partial charge in [-0.15, -0.1) is 0 Å². The van der Waals surface area contributed by atoms with Gasteiger partial charge in [-0.3, -0.25) is 4.90 Å². The van der Waals surface area contributed by atoms with Gasteiger partial charge in [-0.2, -0.15) is 4.31 Å². The van der Waals surface area contributed by atoms with Crippen molar-refractivity contribution in [3.8, 4) is 5.75 Å². The van der Waals surface area contributed by atoms with E-state index < -0.39 is 10.0 Å². The first-order valence-corrected chi connectivity index (χ1v) is 15.4. The van der Waals surface area contributed by atoms with Crippen LogP contribution in [0.5, 0.6) is 5.75 Å². The standard InChI is InChI=1S/C31H37N5O3S/c1-4-5-22-39-25-14-16-26(17-15-25)40(37,38)36-20-18-35(19-21-36)24(3)30-33-29-13-9-7-11-27(29)31(34-30)32-28-12-8-6-10-23(28)2/h6-17,24H,4-5,18-22H2,1-3H3,(H,32,33,34)/t24-/m0/s1. The first kappa shape index (κ1) is 28.0. The van der Waals surface area contributed by atoms with E-state index in [4.69, 9.17) is 14.7 Å². The molecule has 1 N–H and O–H groups in total. The minimum Gasteiger partial charge on any atom is -0.494 e. The molecule has 4 aromatic rings. The molecule has 0 bridgehead atoms. The van der Waals surface area contributed by atoms with Crippen molar-refractivity contribution < 1.29 is 13.2 Å². The smallest absolute Gasteiger partial charge is 0.243 e. The average Bonchev–Trinajstić information content (AvgIpc) is 2.98. The van der Waals surface area contributed by atoms with E-state index in [-0.39, 0.29) is 6.04 Å². The summed E-state index contributed by atoms with van der Waals surface area (Å²) in [6, 6.07) is 22.8. The van der Waals surface area contributed by atoms with Gasteiger partial charge < -0.3 is 10.1 Å². The van der Waals surface area contributed by atoms with Gasteiger partial charge in [0.15, 0.2) is 0 Å². The fourth-order valence-electron chi connectivity index (χ4n) is 4.90. The van der Waals surface area contributed by atoms with Crippen LogP contribution < -0.4 is 10.1 Å². The zero-order chi connectivity index (χ0) is 28.1. The Morgan fingerprint density at radius 3 is 2.35 bits per heavy atom. The second-order valence-electron chi connectivity index (χ2n) is 10.2. The molecule has 5 rings (SSSR count). The van der Waals surface area contributed by atoms with Gasteiger partial charge >= 0.3 is 0 Å². The van der Waals surface area contributed by atoms with Crippen molar-refractivity contribution in [2.24, 2.45) is 0 Å². The Morgan fingerprint density at radius 1 is 0.925 bits per heavy atom. The SMILES string of the molecule is CCCCOc1ccc(S(=O)(=O)N2CCN([C@@H](C)c3nc(Nc4ccccc4C)c4ccccc4n3)CC2)cc1. The van der Waals surface area contributed by atoms with Crippen LogP contribution >= 0.6 is 0 Å². The van der Waals surface area contributed by atoms with E-state index in [1.165, 1.54) is 0 Å². The van der Waals surface area contributed by atoms with Crippen molar-refractivity contribution >= 4 is 32.4 Å². The van der Waals surface area contributed by atoms with E-state index in [1.54, 1.807) is 28.6 Å². The van der Waals surface area contributed by atoms with Crippen LogP contribution in [-0.4, -0.2) is 60.4 Å². The molecule has 2 heterocycles. The molecule has 210 valence electrons. The number of aromatic nitrogens is 2. The molecule has 1 atom stereocenters. The molecule has 40 heavy (non-hydrogen) atoms. The molecule has 1 fully saturated rings. The summed E-state index contributed by atoms with van der Waals surface area (Å²) >= 11 is 0. The van der Waals surface area contributed by atoms with Crippen molar-refractivity contribution in [2.45, 2.75) is 44.6 Å². The number of anilines is 2. The van der Waals surface area contributed by atoms with Crippen LogP contribution in [0.15, 0.2) is 77.7 Å². The lowest BCUT2D eigenvalue weighted by Gasteiger charge is -2.36. The second-order valence-corrected chi connectivity index (χ2v) is 12.1. The number of nitrogens with zero attached hydrogens (tertiary/aromatic N) is 4. The highest BCUT2D eigenvalue weighted by atomic mass is 32.2. The molecule has 1 aliphatic rings. The first-order valence-electron chi connectivity index (χ1n) is 13.9. The maximum absolute atomic E-state index is 13.3. The molecule has 0 aliphatic carbocycles. The van der Waals surface area contributed by atoms with Crippen molar-refractivity contribution in [3.05, 3.63) is 84.2 Å². The molecule has 0 saturated carbocycles. The molecular formula is C31H37N5O3S. The highest BCUT2D eigenvalue weighted by Crippen LogP contribution is 2.29. The fourth-order valence-corrected chi connectivity index (χ4v) is 6.33. The highest BCUT2D eigenvalue weighted by molar-refractivity contribution is 7.89. The van der Waals surface area contributed by atoms with E-state index in [1.807, 2.05) is 42.5 Å². The van der Waals surface area contributed by atoms with Crippen LogP contribution in [0, 0.1) is 6.92 Å². The average molecular weight is 560 g/mol. The predicted octanol–water partition coefficient (Wildman–Crippen LogP) is 5.93. The second kappa shape index (κ2) is 12.3. The molecule has 0 spiro atoms. The molecule has 0 unspecified atom stereocenters. The van der Waals surface area contributed by atoms with Crippen molar-refractivity contribution in [3.63, 3.8) is 0 Å². The molecule has 3 aromatic carbocycles. The van der Waals surface area contributed by atoms with E-state index in [0.717, 1.165) is 40.8 Å². The van der Waals surface area contributed by atoms with E-state index >= 15 is 0 Å². The van der Waals surface area contributed by atoms with E-state index in [2.05, 4.69) is 37.1 Å². The van der Waals surface area contributed by atoms with Crippen molar-refractivity contribution in [2.75, 3.05) is 38.1 Å². The summed E-state index contributed by atoms with van der Waals surface area (Å²) in [4.78, 5) is 12.4. The number of sulfonamides is 1. The number of para-hydroxylation sites is 2. The van der Waals surface area contributed by atoms with Crippen LogP contribution in [0.25, 0.3) is 10.9 Å². The minimum absolute atomic E-state index is 0.0774. The van der Waals surface area contributed by atoms with Gasteiger partial charge in [0.1, 0.15) is 17.4 Å². The Bertz CT molecular complexity index is 1550. The number of rotatable bonds is 10. The first-order chi connectivity index (χ1) is 19.4. The summed E-state index contributed by atoms with van der Waals surface area (Å²) in [6.45, 7) is 8.89. The number of unbranched alkanes of at least 4 members (excludes halogenated alkanes) is 1. The van der Waals surface area contributed by atoms with Crippen LogP contribution in [-0.2, 0) is 10.0 Å². The molecule has 1 saturated heterocycles. The van der Waals surface area contributed by atoms with Gasteiger partial charge in [0.2, 0.25) is 10.0 Å². The molecule has 1 aromatic heterocycles. The number of benzene rings is 3. The van der Waals surface area contributed by atoms with E-state index in [0.29, 0.717) is 49.3 Å². The lowest BCUT2D eigenvalue weighted by Crippen LogP contribution is -2.49. The van der Waals surface area contributed by atoms with E-state index in [9.17, 15) is 8.42 Å². The van der Waals surface area contributed by atoms with Gasteiger partial charge in [-0.1, -0.05) is 43.7 Å². The topological polar surface area (TPSA) is 87.7 Å². The summed E-state index contributed by atoms with van der Waals surface area (Å²) in [7, 11) is -3.58. The fraction of sp³-hybridized carbons (Fsp3) is 0.355. The zero-order valence-corrected chi connectivity index (χ0v) is 24.2. The summed E-state index contributed by atoms with van der Waals surface area (Å²) in [5, 5.41) is 4.47. The quantitative estimate of drug-likeness (QED) is 0.241. The number of aryl methyl sites for hydroxylation is 1. The van der Waals surface area contributed by atoms with Gasteiger partial charge in [-0.05, 0) is 68.3 Å². The van der Waals surface area contributed by atoms with Crippen LogP contribution in [0.2, 0.25) is 0 Å². The van der Waals surface area contributed by atoms with Gasteiger partial charge in [-0.25, -0.2) is 18.4 Å². The molecule has 9 heteroatoms. The largest absolute Gasteiger partial charge is 0.494 e. The van der Waals surface area contributed by atoms with Crippen molar-refractivity contribution in [1.29, 1.82) is 0 Å².